The molecule has 7 aromatic carbocycles. The lowest BCUT2D eigenvalue weighted by atomic mass is 10.0. The van der Waals surface area contributed by atoms with Gasteiger partial charge >= 0.3 is 0 Å². The van der Waals surface area contributed by atoms with E-state index in [0.29, 0.717) is 0 Å². The number of rotatable bonds is 1. The molecule has 0 amide bonds. The van der Waals surface area contributed by atoms with Crippen molar-refractivity contribution in [3.8, 4) is 23.0 Å². The van der Waals surface area contributed by atoms with Crippen molar-refractivity contribution >= 4 is 95.7 Å². The number of fused-ring (bicyclic) bond motifs is 8. The van der Waals surface area contributed by atoms with Crippen molar-refractivity contribution in [2.75, 3.05) is 14.7 Å². The number of hydrogen-bond donors (Lipinski definition) is 0. The summed E-state index contributed by atoms with van der Waals surface area (Å²) in [5, 5.41) is 5.93. The molecule has 0 bridgehead atoms. The first kappa shape index (κ1) is 24.7. The molecule has 0 saturated heterocycles. The average molecular weight is 640 g/mol. The van der Waals surface area contributed by atoms with Gasteiger partial charge in [-0.25, -0.2) is 0 Å². The fraction of sp³-hybridized carbons (Fsp3) is 0. The summed E-state index contributed by atoms with van der Waals surface area (Å²) in [5.74, 6) is 3.33. The largest absolute Gasteiger partial charge is 0.453 e. The molecule has 220 valence electrons. The van der Waals surface area contributed by atoms with Crippen LogP contribution in [-0.2, 0) is 11.8 Å². The van der Waals surface area contributed by atoms with Gasteiger partial charge in [0.05, 0.1) is 40.2 Å². The van der Waals surface area contributed by atoms with Crippen molar-refractivity contribution in [1.29, 1.82) is 0 Å². The van der Waals surface area contributed by atoms with E-state index in [9.17, 15) is 0 Å². The molecule has 0 aromatic heterocycles. The van der Waals surface area contributed by atoms with Crippen LogP contribution in [0.2, 0.25) is 0 Å². The molecule has 7 heteroatoms. The maximum Gasteiger partial charge on any atom is 0.152 e. The summed E-state index contributed by atoms with van der Waals surface area (Å²) in [7, 11) is 0. The van der Waals surface area contributed by atoms with Gasteiger partial charge in [-0.1, -0.05) is 78.5 Å². The van der Waals surface area contributed by atoms with Crippen molar-refractivity contribution < 1.29 is 9.47 Å². The van der Waals surface area contributed by atoms with E-state index in [1.54, 1.807) is 0 Å². The van der Waals surface area contributed by atoms with Crippen LogP contribution in [0, 0.1) is 0 Å². The minimum atomic E-state index is -2.71. The van der Waals surface area contributed by atoms with Crippen LogP contribution >= 0.6 is 6.04 Å². The summed E-state index contributed by atoms with van der Waals surface area (Å²) in [4.78, 5) is 7.27. The van der Waals surface area contributed by atoms with Crippen molar-refractivity contribution in [3.05, 3.63) is 133 Å². The maximum absolute atomic E-state index is 7.34. The van der Waals surface area contributed by atoms with Gasteiger partial charge in [0.15, 0.2) is 23.0 Å². The number of ether oxygens (including phenoxy) is 2. The zero-order valence-electron chi connectivity index (χ0n) is 24.7. The Morgan fingerprint density at radius 2 is 0.957 bits per heavy atom. The zero-order chi connectivity index (χ0) is 30.6. The fourth-order valence-corrected chi connectivity index (χ4v) is 13.7. The molecule has 1 atom stereocenters. The van der Waals surface area contributed by atoms with Crippen LogP contribution in [0.4, 0.5) is 51.2 Å². The zero-order valence-corrected chi connectivity index (χ0v) is 26.4. The third kappa shape index (κ3) is 2.75. The van der Waals surface area contributed by atoms with Gasteiger partial charge in [-0.3, -0.25) is 0 Å². The summed E-state index contributed by atoms with van der Waals surface area (Å²) >= 11 is 7.34. The summed E-state index contributed by atoms with van der Waals surface area (Å²) in [5.41, 5.74) is 9.72. The normalized spacial score (nSPS) is 17.7. The predicted octanol–water partition coefficient (Wildman–Crippen LogP) is 10.2. The lowest BCUT2D eigenvalue weighted by Gasteiger charge is -2.53. The molecule has 7 aromatic rings. The number of anilines is 9. The molecular formula is C40H22N3O2PS. The molecule has 47 heavy (non-hydrogen) atoms. The molecule has 0 saturated carbocycles. The van der Waals surface area contributed by atoms with Crippen LogP contribution in [0.25, 0.3) is 10.8 Å². The Labute approximate surface area is 275 Å². The van der Waals surface area contributed by atoms with E-state index in [1.165, 1.54) is 26.7 Å². The Bertz CT molecular complexity index is 2650. The quantitative estimate of drug-likeness (QED) is 0.166. The van der Waals surface area contributed by atoms with Crippen molar-refractivity contribution in [2.45, 2.75) is 0 Å². The molecule has 5 nitrogen and oxygen atoms in total. The van der Waals surface area contributed by atoms with Crippen LogP contribution in [0.3, 0.4) is 0 Å². The second-order valence-electron chi connectivity index (χ2n) is 12.5. The monoisotopic (exact) mass is 639 g/mol. The van der Waals surface area contributed by atoms with Crippen LogP contribution in [0.1, 0.15) is 0 Å². The van der Waals surface area contributed by atoms with Gasteiger partial charge in [-0.05, 0) is 72.1 Å². The lowest BCUT2D eigenvalue weighted by Crippen LogP contribution is -2.48. The second-order valence-corrected chi connectivity index (χ2v) is 16.7. The number of nitrogens with zero attached hydrogens (tertiary/aromatic N) is 3. The minimum absolute atomic E-state index is 0.831. The second kappa shape index (κ2) is 8.23. The first-order valence-corrected chi connectivity index (χ1v) is 18.5. The number of benzene rings is 7. The van der Waals surface area contributed by atoms with E-state index in [4.69, 9.17) is 21.3 Å². The maximum atomic E-state index is 7.34. The Hall–Kier alpha value is -5.55. The molecule has 5 aliphatic heterocycles. The van der Waals surface area contributed by atoms with E-state index in [2.05, 4.69) is 130 Å². The summed E-state index contributed by atoms with van der Waals surface area (Å²) in [6.45, 7) is 0. The lowest BCUT2D eigenvalue weighted by molar-refractivity contribution is 0.476. The minimum Gasteiger partial charge on any atom is -0.453 e. The molecule has 1 unspecified atom stereocenters. The predicted molar refractivity (Wildman–Crippen MR) is 195 cm³/mol. The van der Waals surface area contributed by atoms with E-state index >= 15 is 0 Å². The van der Waals surface area contributed by atoms with E-state index in [1.807, 2.05) is 18.2 Å². The van der Waals surface area contributed by atoms with Gasteiger partial charge in [0, 0.05) is 27.0 Å². The molecule has 0 radical (unpaired) electrons. The van der Waals surface area contributed by atoms with Crippen molar-refractivity contribution in [3.63, 3.8) is 0 Å². The summed E-state index contributed by atoms with van der Waals surface area (Å²) in [6.07, 6.45) is 0. The van der Waals surface area contributed by atoms with Crippen molar-refractivity contribution in [2.24, 2.45) is 0 Å². The highest BCUT2D eigenvalue weighted by atomic mass is 32.4. The first-order chi connectivity index (χ1) is 23.2. The van der Waals surface area contributed by atoms with Gasteiger partial charge < -0.3 is 24.2 Å². The molecule has 12 rings (SSSR count). The molecule has 5 heterocycles. The van der Waals surface area contributed by atoms with E-state index in [0.717, 1.165) is 74.2 Å². The van der Waals surface area contributed by atoms with Crippen LogP contribution < -0.4 is 40.1 Å². The topological polar surface area (TPSA) is 28.2 Å². The highest BCUT2D eigenvalue weighted by Crippen LogP contribution is 2.72. The average Bonchev–Trinajstić information content (AvgIpc) is 3.12. The summed E-state index contributed by atoms with van der Waals surface area (Å²) < 4.78 is 13.4. The third-order valence-electron chi connectivity index (χ3n) is 10.2. The Balaban J connectivity index is 1.34. The first-order valence-electron chi connectivity index (χ1n) is 15.7. The molecule has 5 aliphatic rings. The van der Waals surface area contributed by atoms with Gasteiger partial charge in [-0.15, -0.1) is 0 Å². The van der Waals surface area contributed by atoms with Crippen LogP contribution in [0.5, 0.6) is 23.0 Å². The van der Waals surface area contributed by atoms with E-state index < -0.39 is 6.04 Å². The molecule has 0 aliphatic carbocycles. The number of para-hydroxylation sites is 5. The Kier molecular flexibility index (Phi) is 4.32. The van der Waals surface area contributed by atoms with Gasteiger partial charge in [0.2, 0.25) is 0 Å². The van der Waals surface area contributed by atoms with Gasteiger partial charge in [-0.2, -0.15) is 0 Å². The smallest absolute Gasteiger partial charge is 0.152 e. The van der Waals surface area contributed by atoms with Crippen molar-refractivity contribution in [1.82, 2.24) is 0 Å². The molecule has 0 N–H and O–H groups in total. The summed E-state index contributed by atoms with van der Waals surface area (Å²) in [6, 6.07) is 44.5. The number of hydrogen-bond acceptors (Lipinski definition) is 6. The van der Waals surface area contributed by atoms with Crippen LogP contribution in [-0.4, -0.2) is 0 Å². The van der Waals surface area contributed by atoms with E-state index in [-0.39, 0.29) is 0 Å². The van der Waals surface area contributed by atoms with Gasteiger partial charge in [0.1, 0.15) is 11.4 Å². The third-order valence-corrected chi connectivity index (χ3v) is 15.0. The highest BCUT2D eigenvalue weighted by molar-refractivity contribution is 8.26. The fourth-order valence-electron chi connectivity index (χ4n) is 8.43. The standard InChI is InChI=1S/C40H22N3O2PS/c47-46-38-28-18-20-33-36(38)42(26-14-6-8-16-31(26)44-33)29-19-21-34-37(39(29)46)43(27-15-7-9-17-32(27)45-34)30-22-23-10-4-5-13-25(23)35(40(30)46)41(28)24-11-2-1-3-12-24/h1-22H. The highest BCUT2D eigenvalue weighted by Gasteiger charge is 2.55. The Morgan fingerprint density at radius 1 is 0.426 bits per heavy atom. The van der Waals surface area contributed by atoms with Crippen LogP contribution in [0.15, 0.2) is 133 Å². The molecular weight excluding hydrogens is 618 g/mol. The molecule has 0 spiro atoms. The SMILES string of the molecule is S=P12c3c4ccc5c3N(c3ccccc3O5)c3ccc5c(c31)N(c1ccccc1O5)c1cc3ccccc3c(c12)N4c1ccccc1. The Morgan fingerprint density at radius 3 is 1.64 bits per heavy atom. The van der Waals surface area contributed by atoms with Gasteiger partial charge in [0.25, 0.3) is 0 Å². The molecule has 0 fully saturated rings.